The predicted molar refractivity (Wildman–Crippen MR) is 199 cm³/mol. The van der Waals surface area contributed by atoms with Gasteiger partial charge in [0.05, 0.1) is 25.6 Å². The molecular weight excluding hydrogens is 702 g/mol. The van der Waals surface area contributed by atoms with E-state index in [4.69, 9.17) is 24.3 Å². The molecule has 3 heterocycles. The van der Waals surface area contributed by atoms with Gasteiger partial charge in [-0.3, -0.25) is 13.9 Å². The number of fused-ring (bicyclic) bond motifs is 1. The maximum Gasteiger partial charge on any atom is 0.459 e. The zero-order valence-electron chi connectivity index (χ0n) is 30.6. The number of nitrogen functional groups attached to an aromatic ring is 1. The normalized spacial score (nSPS) is 20.3. The van der Waals surface area contributed by atoms with E-state index in [1.165, 1.54) is 49.4 Å². The lowest BCUT2D eigenvalue weighted by atomic mass is 10.0. The third kappa shape index (κ3) is 11.5. The number of hydrogen-bond acceptors (Lipinski definition) is 11. The molecule has 1 aliphatic heterocycles. The summed E-state index contributed by atoms with van der Waals surface area (Å²) in [7, 11) is -4.36. The van der Waals surface area contributed by atoms with E-state index in [2.05, 4.69) is 27.0 Å². The van der Waals surface area contributed by atoms with Crippen LogP contribution in [-0.2, 0) is 29.8 Å². The molecule has 2 aromatic heterocycles. The van der Waals surface area contributed by atoms with Crippen molar-refractivity contribution >= 4 is 30.7 Å². The van der Waals surface area contributed by atoms with Crippen LogP contribution in [0.1, 0.15) is 96.3 Å². The van der Waals surface area contributed by atoms with E-state index in [1.54, 1.807) is 37.3 Å². The van der Waals surface area contributed by atoms with Gasteiger partial charge in [0.25, 0.3) is 0 Å². The van der Waals surface area contributed by atoms with Crippen molar-refractivity contribution in [2.45, 2.75) is 115 Å². The monoisotopic (exact) mass is 754 g/mol. The van der Waals surface area contributed by atoms with Crippen LogP contribution in [0.5, 0.6) is 5.75 Å². The van der Waals surface area contributed by atoms with Crippen molar-refractivity contribution in [3.63, 3.8) is 0 Å². The number of aliphatic hydroxyl groups excluding tert-OH is 1. The first-order valence-corrected chi connectivity index (χ1v) is 20.1. The molecule has 288 valence electrons. The number of carbonyl (C=O) groups is 1. The number of halogens is 1. The molecule has 5 atom stereocenters. The average Bonchev–Trinajstić information content (AvgIpc) is 3.70. The highest BCUT2D eigenvalue weighted by Crippen LogP contribution is 2.48. The Morgan fingerprint density at radius 3 is 2.36 bits per heavy atom. The zero-order chi connectivity index (χ0) is 37.7. The Bertz CT molecular complexity index is 1780. The van der Waals surface area contributed by atoms with Crippen LogP contribution in [-0.4, -0.2) is 61.6 Å². The summed E-state index contributed by atoms with van der Waals surface area (Å²) in [6.45, 7) is 3.63. The molecule has 1 saturated heterocycles. The van der Waals surface area contributed by atoms with Gasteiger partial charge in [0.1, 0.15) is 23.6 Å². The fraction of sp³-hybridized carbons (Fsp3) is 0.526. The second kappa shape index (κ2) is 19.4. The Kier molecular flexibility index (Phi) is 14.7. The lowest BCUT2D eigenvalue weighted by Crippen LogP contribution is -2.43. The molecule has 13 nitrogen and oxygen atoms in total. The molecule has 0 saturated carbocycles. The Hall–Kier alpha value is -3.94. The average molecular weight is 755 g/mol. The maximum atomic E-state index is 14.6. The van der Waals surface area contributed by atoms with Gasteiger partial charge in [0.2, 0.25) is 0 Å². The van der Waals surface area contributed by atoms with E-state index in [0.717, 1.165) is 31.2 Å². The maximum absolute atomic E-state index is 14.6. The van der Waals surface area contributed by atoms with E-state index < -0.39 is 50.4 Å². The number of benzene rings is 2. The molecule has 1 aliphatic rings. The van der Waals surface area contributed by atoms with Crippen molar-refractivity contribution in [3.8, 4) is 5.75 Å². The van der Waals surface area contributed by atoms with Crippen LogP contribution in [0, 0.1) is 6.08 Å². The van der Waals surface area contributed by atoms with Crippen LogP contribution in [0.2, 0.25) is 0 Å². The lowest BCUT2D eigenvalue weighted by Gasteiger charge is -2.31. The lowest BCUT2D eigenvalue weighted by molar-refractivity contribution is -0.146. The molecule has 2 aromatic carbocycles. The molecule has 4 aromatic rings. The second-order valence-corrected chi connectivity index (χ2v) is 15.4. The number of rotatable bonds is 22. The van der Waals surface area contributed by atoms with Gasteiger partial charge in [0, 0.05) is 6.42 Å². The minimum Gasteiger partial charge on any atom is -0.465 e. The Labute approximate surface area is 310 Å². The molecule has 4 N–H and O–H groups in total. The van der Waals surface area contributed by atoms with Gasteiger partial charge in [-0.15, -0.1) is 0 Å². The van der Waals surface area contributed by atoms with Crippen LogP contribution >= 0.6 is 7.75 Å². The number of ether oxygens (including phenoxy) is 2. The minimum absolute atomic E-state index is 0.0516. The van der Waals surface area contributed by atoms with Crippen molar-refractivity contribution in [1.82, 2.24) is 24.6 Å². The highest BCUT2D eigenvalue weighted by molar-refractivity contribution is 7.52. The van der Waals surface area contributed by atoms with Crippen LogP contribution in [0.4, 0.5) is 10.2 Å². The van der Waals surface area contributed by atoms with Crippen LogP contribution in [0.25, 0.3) is 11.2 Å². The summed E-state index contributed by atoms with van der Waals surface area (Å²) in [5, 5.41) is 14.0. The van der Waals surface area contributed by atoms with Crippen molar-refractivity contribution in [2.24, 2.45) is 0 Å². The first-order valence-electron chi connectivity index (χ1n) is 18.6. The van der Waals surface area contributed by atoms with E-state index >= 15 is 0 Å². The molecule has 5 rings (SSSR count). The highest BCUT2D eigenvalue weighted by Gasteiger charge is 2.48. The Morgan fingerprint density at radius 2 is 1.68 bits per heavy atom. The number of aliphatic hydroxyl groups is 1. The number of aromatic nitrogens is 4. The fourth-order valence-corrected chi connectivity index (χ4v) is 7.89. The molecule has 0 spiro atoms. The Balaban J connectivity index is 1.25. The number of nitrogens with zero attached hydrogens (tertiary/aromatic N) is 4. The molecule has 1 fully saturated rings. The van der Waals surface area contributed by atoms with Gasteiger partial charge in [-0.05, 0) is 37.5 Å². The summed E-state index contributed by atoms with van der Waals surface area (Å²) < 4.78 is 54.0. The number of nitrogens with one attached hydrogen (secondary N) is 1. The van der Waals surface area contributed by atoms with Gasteiger partial charge in [-0.2, -0.15) is 19.4 Å². The number of anilines is 1. The van der Waals surface area contributed by atoms with Crippen LogP contribution in [0.15, 0.2) is 67.0 Å². The number of hydrogen-bond donors (Lipinski definition) is 3. The van der Waals surface area contributed by atoms with Gasteiger partial charge < -0.3 is 24.8 Å². The Morgan fingerprint density at radius 1 is 1.04 bits per heavy atom. The number of nitrogens with two attached hydrogens (primary N) is 1. The number of carbonyl (C=O) groups excluding carboxylic acids is 1. The zero-order valence-corrected chi connectivity index (χ0v) is 31.5. The second-order valence-electron chi connectivity index (χ2n) is 13.7. The molecule has 0 amide bonds. The SMILES string of the molecule is CCCCCCCCCCCCOC(=O)[C@H](Cc1ccccc1)NP(=O)(OC[C@@]1(C)O[C@@H](n2cnc3c(N)nc(F)nc32)C[C@@H]1O)Oc1ccccc1. The fourth-order valence-electron chi connectivity index (χ4n) is 6.31. The number of para-hydroxylation sites is 1. The van der Waals surface area contributed by atoms with Gasteiger partial charge in [-0.25, -0.2) is 9.55 Å². The summed E-state index contributed by atoms with van der Waals surface area (Å²) >= 11 is 0. The quantitative estimate of drug-likeness (QED) is 0.0314. The van der Waals surface area contributed by atoms with Gasteiger partial charge >= 0.3 is 19.8 Å². The van der Waals surface area contributed by atoms with E-state index in [9.17, 15) is 18.9 Å². The third-order valence-electron chi connectivity index (χ3n) is 9.38. The number of esters is 1. The first-order chi connectivity index (χ1) is 25.6. The molecule has 15 heteroatoms. The van der Waals surface area contributed by atoms with E-state index in [1.807, 2.05) is 30.3 Å². The minimum atomic E-state index is -4.36. The summed E-state index contributed by atoms with van der Waals surface area (Å²) in [5.41, 5.74) is 5.50. The van der Waals surface area contributed by atoms with Gasteiger partial charge in [0.15, 0.2) is 17.0 Å². The molecular formula is C38H52FN6O7P. The largest absolute Gasteiger partial charge is 0.465 e. The summed E-state index contributed by atoms with van der Waals surface area (Å²) in [6, 6.07) is 16.6. The smallest absolute Gasteiger partial charge is 0.459 e. The van der Waals surface area contributed by atoms with Crippen molar-refractivity contribution in [1.29, 1.82) is 0 Å². The molecule has 1 unspecified atom stereocenters. The standard InChI is InChI=1S/C38H52FN6O7P/c1-3-4-5-6-7-8-9-10-11-18-23-49-36(47)30(24-28-19-14-12-15-20-28)44-53(48,52-29-21-16-13-17-22-29)50-26-38(2)31(46)25-32(51-38)45-27-41-33-34(40)42-37(39)43-35(33)45/h12-17,19-22,27,30-32,46H,3-11,18,23-26H2,1-2H3,(H,44,48)(H2,40,42,43)/t30-,31-,32+,38+,53?/m0/s1. The van der Waals surface area contributed by atoms with Gasteiger partial charge in [-0.1, -0.05) is 113 Å². The highest BCUT2D eigenvalue weighted by atomic mass is 31.2. The molecule has 0 aliphatic carbocycles. The van der Waals surface area contributed by atoms with Crippen molar-refractivity contribution < 1.29 is 37.4 Å². The first kappa shape index (κ1) is 40.2. The summed E-state index contributed by atoms with van der Waals surface area (Å²) in [6.07, 6.45) is 10.1. The van der Waals surface area contributed by atoms with Crippen LogP contribution < -0.4 is 15.3 Å². The topological polar surface area (TPSA) is 173 Å². The predicted octanol–water partition coefficient (Wildman–Crippen LogP) is 7.45. The number of unbranched alkanes of at least 4 members (excludes halogenated alkanes) is 9. The van der Waals surface area contributed by atoms with Crippen LogP contribution in [0.3, 0.4) is 0 Å². The molecule has 0 radical (unpaired) electrons. The van der Waals surface area contributed by atoms with Crippen molar-refractivity contribution in [3.05, 3.63) is 78.6 Å². The summed E-state index contributed by atoms with van der Waals surface area (Å²) in [5.74, 6) is -0.483. The van der Waals surface area contributed by atoms with E-state index in [0.29, 0.717) is 0 Å². The van der Waals surface area contributed by atoms with Crippen molar-refractivity contribution in [2.75, 3.05) is 18.9 Å². The van der Waals surface area contributed by atoms with E-state index in [-0.39, 0.29) is 42.2 Å². The third-order valence-corrected chi connectivity index (χ3v) is 10.9. The number of imidazole rings is 1. The molecule has 53 heavy (non-hydrogen) atoms. The summed E-state index contributed by atoms with van der Waals surface area (Å²) in [4.78, 5) is 25.1. The molecule has 0 bridgehead atoms.